The van der Waals surface area contributed by atoms with E-state index in [1.54, 1.807) is 13.3 Å². The van der Waals surface area contributed by atoms with Crippen LogP contribution in [0.2, 0.25) is 0 Å². The minimum absolute atomic E-state index is 0.110. The Morgan fingerprint density at radius 3 is 2.60 bits per heavy atom. The molecule has 0 spiro atoms. The molecular formula is C23H29N3O7S2. The molecular weight excluding hydrogens is 494 g/mol. The van der Waals surface area contributed by atoms with Gasteiger partial charge in [-0.2, -0.15) is 0 Å². The molecule has 5 atom stereocenters. The summed E-state index contributed by atoms with van der Waals surface area (Å²) in [6.45, 7) is 8.87. The molecule has 1 unspecified atom stereocenters. The number of hydrogen-bond acceptors (Lipinski definition) is 10. The maximum Gasteiger partial charge on any atom is 0.511 e. The third kappa shape index (κ3) is 4.54. The van der Waals surface area contributed by atoms with Crippen molar-refractivity contribution in [2.75, 3.05) is 12.9 Å². The Hall–Kier alpha value is -2.57. The van der Waals surface area contributed by atoms with Crippen LogP contribution in [-0.2, 0) is 23.8 Å². The van der Waals surface area contributed by atoms with Crippen molar-refractivity contribution in [1.82, 2.24) is 14.3 Å². The van der Waals surface area contributed by atoms with Gasteiger partial charge in [-0.3, -0.25) is 9.20 Å². The molecule has 1 amide bonds. The van der Waals surface area contributed by atoms with E-state index >= 15 is 0 Å². The van der Waals surface area contributed by atoms with E-state index in [1.807, 2.05) is 37.6 Å². The van der Waals surface area contributed by atoms with E-state index in [-0.39, 0.29) is 36.1 Å². The highest BCUT2D eigenvalue weighted by molar-refractivity contribution is 7.98. The summed E-state index contributed by atoms with van der Waals surface area (Å²) in [7, 11) is 0. The average Bonchev–Trinajstić information content (AvgIpc) is 3.41. The van der Waals surface area contributed by atoms with Crippen molar-refractivity contribution in [2.45, 2.75) is 58.1 Å². The SMILES string of the molecule is CSc1ncn2cc(C3=C(C(=O)OC(C)OC(=O)OCC(C)C)N4C(=O)[C@H]([C@@H](C)O)[C@H]4[C@H]3C)sc12. The van der Waals surface area contributed by atoms with Gasteiger partial charge in [0.1, 0.15) is 21.9 Å². The predicted molar refractivity (Wildman–Crippen MR) is 130 cm³/mol. The molecule has 0 aromatic carbocycles. The largest absolute Gasteiger partial charge is 0.511 e. The highest BCUT2D eigenvalue weighted by atomic mass is 32.2. The summed E-state index contributed by atoms with van der Waals surface area (Å²) in [5.41, 5.74) is 0.769. The Kier molecular flexibility index (Phi) is 7.16. The highest BCUT2D eigenvalue weighted by Crippen LogP contribution is 2.52. The molecule has 2 aromatic rings. The number of nitrogens with zero attached hydrogens (tertiary/aromatic N) is 3. The van der Waals surface area contributed by atoms with Crippen LogP contribution in [0, 0.1) is 17.8 Å². The molecule has 12 heteroatoms. The summed E-state index contributed by atoms with van der Waals surface area (Å²) < 4.78 is 17.3. The van der Waals surface area contributed by atoms with Gasteiger partial charge in [0.05, 0.1) is 29.5 Å². The van der Waals surface area contributed by atoms with Crippen LogP contribution in [0.1, 0.15) is 39.5 Å². The first-order chi connectivity index (χ1) is 16.5. The van der Waals surface area contributed by atoms with E-state index < -0.39 is 30.4 Å². The van der Waals surface area contributed by atoms with Gasteiger partial charge < -0.3 is 24.2 Å². The molecule has 1 N–H and O–H groups in total. The quantitative estimate of drug-likeness (QED) is 0.240. The lowest BCUT2D eigenvalue weighted by molar-refractivity contribution is -0.173. The summed E-state index contributed by atoms with van der Waals surface area (Å²) in [5.74, 6) is -1.82. The fraction of sp³-hybridized carbons (Fsp3) is 0.565. The molecule has 35 heavy (non-hydrogen) atoms. The first kappa shape index (κ1) is 25.5. The third-order valence-electron chi connectivity index (χ3n) is 6.07. The summed E-state index contributed by atoms with van der Waals surface area (Å²) >= 11 is 2.99. The smallest absolute Gasteiger partial charge is 0.434 e. The first-order valence-electron chi connectivity index (χ1n) is 11.4. The van der Waals surface area contributed by atoms with Gasteiger partial charge >= 0.3 is 12.1 Å². The van der Waals surface area contributed by atoms with Gasteiger partial charge in [0.2, 0.25) is 12.2 Å². The Balaban J connectivity index is 1.65. The number of esters is 1. The second kappa shape index (κ2) is 9.82. The maximum atomic E-state index is 13.3. The number of aromatic nitrogens is 2. The van der Waals surface area contributed by atoms with Crippen LogP contribution >= 0.6 is 23.1 Å². The number of aliphatic hydroxyl groups excluding tert-OH is 1. The fourth-order valence-electron chi connectivity index (χ4n) is 4.56. The minimum atomic E-state index is -1.22. The van der Waals surface area contributed by atoms with Crippen LogP contribution in [0.15, 0.2) is 23.2 Å². The van der Waals surface area contributed by atoms with Crippen molar-refractivity contribution in [3.8, 4) is 0 Å². The molecule has 1 fully saturated rings. The van der Waals surface area contributed by atoms with Gasteiger partial charge in [-0.25, -0.2) is 14.6 Å². The van der Waals surface area contributed by atoms with E-state index in [2.05, 4.69) is 4.98 Å². The number of amides is 1. The van der Waals surface area contributed by atoms with Crippen molar-refractivity contribution in [2.24, 2.45) is 17.8 Å². The topological polar surface area (TPSA) is 120 Å². The van der Waals surface area contributed by atoms with Gasteiger partial charge in [-0.1, -0.05) is 20.8 Å². The summed E-state index contributed by atoms with van der Waals surface area (Å²) in [6.07, 6.45) is 2.51. The molecule has 0 saturated carbocycles. The van der Waals surface area contributed by atoms with Crippen molar-refractivity contribution in [3.05, 3.63) is 23.1 Å². The van der Waals surface area contributed by atoms with Gasteiger partial charge in [-0.15, -0.1) is 23.1 Å². The van der Waals surface area contributed by atoms with E-state index in [0.717, 1.165) is 14.7 Å². The van der Waals surface area contributed by atoms with Crippen LogP contribution in [0.5, 0.6) is 0 Å². The summed E-state index contributed by atoms with van der Waals surface area (Å²) in [4.78, 5) is 45.7. The molecule has 4 rings (SSSR count). The van der Waals surface area contributed by atoms with Crippen LogP contribution in [-0.4, -0.2) is 68.7 Å². The number of ether oxygens (including phenoxy) is 3. The second-order valence-corrected chi connectivity index (χ2v) is 10.9. The maximum absolute atomic E-state index is 13.3. The molecule has 2 aliphatic heterocycles. The number of β-lactam (4-membered cyclic amide) rings is 1. The lowest BCUT2D eigenvalue weighted by Gasteiger charge is -2.46. The number of fused-ring (bicyclic) bond motifs is 2. The Morgan fingerprint density at radius 2 is 1.97 bits per heavy atom. The summed E-state index contributed by atoms with van der Waals surface area (Å²) in [6, 6.07) is -0.369. The zero-order valence-electron chi connectivity index (χ0n) is 20.4. The van der Waals surface area contributed by atoms with Crippen molar-refractivity contribution in [3.63, 3.8) is 0 Å². The molecule has 0 bridgehead atoms. The number of carbonyl (C=O) groups excluding carboxylic acids is 3. The molecule has 0 aliphatic carbocycles. The van der Waals surface area contributed by atoms with Gasteiger partial charge in [-0.05, 0) is 19.1 Å². The normalized spacial score (nSPS) is 23.4. The lowest BCUT2D eigenvalue weighted by Crippen LogP contribution is -2.63. The van der Waals surface area contributed by atoms with Crippen molar-refractivity contribution in [1.29, 1.82) is 0 Å². The van der Waals surface area contributed by atoms with Crippen LogP contribution in [0.4, 0.5) is 4.79 Å². The molecule has 2 aliphatic rings. The minimum Gasteiger partial charge on any atom is -0.434 e. The van der Waals surface area contributed by atoms with Gasteiger partial charge in [0, 0.05) is 24.6 Å². The number of thiazole rings is 1. The summed E-state index contributed by atoms with van der Waals surface area (Å²) in [5, 5.41) is 11.1. The monoisotopic (exact) mass is 523 g/mol. The van der Waals surface area contributed by atoms with Crippen LogP contribution in [0.25, 0.3) is 10.4 Å². The molecule has 1 saturated heterocycles. The molecule has 10 nitrogen and oxygen atoms in total. The number of carbonyl (C=O) groups is 3. The fourth-order valence-corrected chi connectivity index (χ4v) is 6.48. The van der Waals surface area contributed by atoms with Gasteiger partial charge in [0.15, 0.2) is 0 Å². The van der Waals surface area contributed by atoms with E-state index in [0.29, 0.717) is 5.57 Å². The van der Waals surface area contributed by atoms with E-state index in [9.17, 15) is 19.5 Å². The Labute approximate surface area is 211 Å². The van der Waals surface area contributed by atoms with Crippen LogP contribution in [0.3, 0.4) is 0 Å². The second-order valence-electron chi connectivity index (χ2n) is 9.12. The Morgan fingerprint density at radius 1 is 1.26 bits per heavy atom. The van der Waals surface area contributed by atoms with Crippen LogP contribution < -0.4 is 0 Å². The molecule has 0 radical (unpaired) electrons. The van der Waals surface area contributed by atoms with E-state index in [4.69, 9.17) is 14.2 Å². The van der Waals surface area contributed by atoms with Crippen molar-refractivity contribution < 1.29 is 33.7 Å². The number of thioether (sulfide) groups is 1. The van der Waals surface area contributed by atoms with E-state index in [1.165, 1.54) is 34.9 Å². The van der Waals surface area contributed by atoms with Gasteiger partial charge in [0.25, 0.3) is 0 Å². The zero-order valence-corrected chi connectivity index (χ0v) is 22.0. The number of rotatable bonds is 8. The average molecular weight is 524 g/mol. The lowest BCUT2D eigenvalue weighted by atomic mass is 9.77. The predicted octanol–water partition coefficient (Wildman–Crippen LogP) is 3.38. The number of aliphatic hydroxyl groups is 1. The zero-order chi connectivity index (χ0) is 25.6. The first-order valence-corrected chi connectivity index (χ1v) is 13.4. The molecule has 2 aromatic heterocycles. The highest BCUT2D eigenvalue weighted by Gasteiger charge is 2.60. The number of imidazole rings is 1. The third-order valence-corrected chi connectivity index (χ3v) is 8.03. The van der Waals surface area contributed by atoms with Crippen molar-refractivity contribution >= 4 is 51.5 Å². The molecule has 4 heterocycles. The standard InChI is InChI=1S/C23H29N3O7S2/c1-10(2)8-31-23(30)33-13(5)32-22(29)18-15(11(3)17-16(12(4)27)20(28)26(17)18)14-7-25-9-24-19(34-6)21(25)35-14/h7,9-13,16-17,27H,8H2,1-6H3/t11-,12+,13?,16+,17+/m0/s1. The molecule has 190 valence electrons. The Bertz CT molecular complexity index is 1190. The number of hydrogen-bond donors (Lipinski definition) is 1.